The van der Waals surface area contributed by atoms with Crippen molar-refractivity contribution in [3.8, 4) is 0 Å². The largest absolute Gasteiger partial charge is 0.376 e. The van der Waals surface area contributed by atoms with Crippen molar-refractivity contribution in [2.75, 3.05) is 5.32 Å². The van der Waals surface area contributed by atoms with E-state index in [4.69, 9.17) is 16.6 Å². The Labute approximate surface area is 146 Å². The highest BCUT2D eigenvalue weighted by Gasteiger charge is 2.20. The van der Waals surface area contributed by atoms with Gasteiger partial charge in [0.15, 0.2) is 0 Å². The highest BCUT2D eigenvalue weighted by molar-refractivity contribution is 6.30. The van der Waals surface area contributed by atoms with E-state index in [-0.39, 0.29) is 6.04 Å². The van der Waals surface area contributed by atoms with Crippen LogP contribution < -0.4 is 5.32 Å². The zero-order chi connectivity index (χ0) is 16.4. The summed E-state index contributed by atoms with van der Waals surface area (Å²) in [6.45, 7) is 0. The van der Waals surface area contributed by atoms with Crippen molar-refractivity contribution in [1.29, 1.82) is 0 Å². The number of rotatable bonds is 2. The van der Waals surface area contributed by atoms with Crippen LogP contribution in [0.5, 0.6) is 0 Å². The molecule has 0 aromatic heterocycles. The van der Waals surface area contributed by atoms with E-state index in [1.165, 1.54) is 5.56 Å². The van der Waals surface area contributed by atoms with Crippen LogP contribution in [0.1, 0.15) is 23.6 Å². The molecule has 0 bridgehead atoms. The molecular formula is C21H17ClN2. The van der Waals surface area contributed by atoms with E-state index in [0.29, 0.717) is 0 Å². The number of halogens is 1. The van der Waals surface area contributed by atoms with Gasteiger partial charge in [-0.1, -0.05) is 66.2 Å². The molecule has 0 saturated heterocycles. The lowest BCUT2D eigenvalue weighted by Crippen LogP contribution is -2.14. The Kier molecular flexibility index (Phi) is 4.06. The summed E-state index contributed by atoms with van der Waals surface area (Å²) in [5.74, 6) is 0. The fraction of sp³-hybridized carbons (Fsp3) is 0.0952. The van der Waals surface area contributed by atoms with Crippen molar-refractivity contribution in [3.05, 3.63) is 95.0 Å². The molecule has 3 heteroatoms. The first-order valence-electron chi connectivity index (χ1n) is 8.03. The van der Waals surface area contributed by atoms with Gasteiger partial charge >= 0.3 is 0 Å². The van der Waals surface area contributed by atoms with Gasteiger partial charge in [-0.15, -0.1) is 0 Å². The molecule has 0 aliphatic carbocycles. The molecule has 0 radical (unpaired) electrons. The lowest BCUT2D eigenvalue weighted by molar-refractivity contribution is 0.828. The molecular weight excluding hydrogens is 316 g/mol. The first kappa shape index (κ1) is 15.0. The Balaban J connectivity index is 1.79. The van der Waals surface area contributed by atoms with Gasteiger partial charge in [-0.25, -0.2) is 0 Å². The highest BCUT2D eigenvalue weighted by Crippen LogP contribution is 2.35. The Morgan fingerprint density at radius 3 is 2.33 bits per heavy atom. The SMILES string of the molecule is Clc1ccc([C@H]2CC(c3ccccc3)=Nc3ccccc3N2)cc1. The van der Waals surface area contributed by atoms with Crippen LogP contribution in [-0.4, -0.2) is 5.71 Å². The molecule has 0 saturated carbocycles. The third-order valence-electron chi connectivity index (χ3n) is 4.27. The Morgan fingerprint density at radius 1 is 0.833 bits per heavy atom. The number of fused-ring (bicyclic) bond motifs is 1. The maximum atomic E-state index is 6.04. The van der Waals surface area contributed by atoms with Gasteiger partial charge in [0.05, 0.1) is 23.1 Å². The molecule has 1 N–H and O–H groups in total. The van der Waals surface area contributed by atoms with Crippen LogP contribution >= 0.6 is 11.6 Å². The zero-order valence-corrected chi connectivity index (χ0v) is 13.9. The van der Waals surface area contributed by atoms with Gasteiger partial charge in [0.25, 0.3) is 0 Å². The monoisotopic (exact) mass is 332 g/mol. The topological polar surface area (TPSA) is 24.4 Å². The minimum Gasteiger partial charge on any atom is -0.376 e. The minimum absolute atomic E-state index is 0.157. The van der Waals surface area contributed by atoms with Crippen molar-refractivity contribution in [3.63, 3.8) is 0 Å². The number of benzene rings is 3. The van der Waals surface area contributed by atoms with Crippen LogP contribution in [0.25, 0.3) is 0 Å². The summed E-state index contributed by atoms with van der Waals surface area (Å²) in [5.41, 5.74) is 5.50. The molecule has 0 unspecified atom stereocenters. The van der Waals surface area contributed by atoms with Crippen LogP contribution in [0.15, 0.2) is 83.9 Å². The van der Waals surface area contributed by atoms with Crippen LogP contribution in [0.2, 0.25) is 5.02 Å². The summed E-state index contributed by atoms with van der Waals surface area (Å²) < 4.78 is 0. The highest BCUT2D eigenvalue weighted by atomic mass is 35.5. The third kappa shape index (κ3) is 3.06. The van der Waals surface area contributed by atoms with Gasteiger partial charge in [-0.3, -0.25) is 4.99 Å². The molecule has 3 aromatic carbocycles. The first-order chi connectivity index (χ1) is 11.8. The van der Waals surface area contributed by atoms with Crippen LogP contribution in [0.3, 0.4) is 0 Å². The summed E-state index contributed by atoms with van der Waals surface area (Å²) in [4.78, 5) is 4.93. The second kappa shape index (κ2) is 6.50. The average Bonchev–Trinajstić information content (AvgIpc) is 2.83. The number of hydrogen-bond donors (Lipinski definition) is 1. The molecule has 4 rings (SSSR count). The molecule has 3 aromatic rings. The second-order valence-electron chi connectivity index (χ2n) is 5.89. The predicted octanol–water partition coefficient (Wildman–Crippen LogP) is 6.02. The number of nitrogens with one attached hydrogen (secondary N) is 1. The van der Waals surface area contributed by atoms with E-state index < -0.39 is 0 Å². The summed E-state index contributed by atoms with van der Waals surface area (Å²) in [7, 11) is 0. The molecule has 2 nitrogen and oxygen atoms in total. The number of anilines is 1. The standard InChI is InChI=1S/C21H17ClN2/c22-17-12-10-16(11-13-17)21-14-20(15-6-2-1-3-7-15)23-18-8-4-5-9-19(18)24-21/h1-13,21,24H,14H2/t21-/m1/s1. The molecule has 1 aliphatic heterocycles. The molecule has 0 spiro atoms. The normalized spacial score (nSPS) is 16.5. The molecule has 118 valence electrons. The number of nitrogens with zero attached hydrogens (tertiary/aromatic N) is 1. The Morgan fingerprint density at radius 2 is 1.54 bits per heavy atom. The number of hydrogen-bond acceptors (Lipinski definition) is 2. The van der Waals surface area contributed by atoms with Crippen molar-refractivity contribution >= 4 is 28.7 Å². The van der Waals surface area contributed by atoms with Gasteiger partial charge in [-0.2, -0.15) is 0 Å². The first-order valence-corrected chi connectivity index (χ1v) is 8.41. The fourth-order valence-corrected chi connectivity index (χ4v) is 3.15. The van der Waals surface area contributed by atoms with E-state index in [9.17, 15) is 0 Å². The van der Waals surface area contributed by atoms with Crippen molar-refractivity contribution < 1.29 is 0 Å². The van der Waals surface area contributed by atoms with Gasteiger partial charge in [0, 0.05) is 11.4 Å². The van der Waals surface area contributed by atoms with Gasteiger partial charge in [0.2, 0.25) is 0 Å². The van der Waals surface area contributed by atoms with Crippen molar-refractivity contribution in [1.82, 2.24) is 0 Å². The summed E-state index contributed by atoms with van der Waals surface area (Å²) in [5, 5.41) is 4.39. The predicted molar refractivity (Wildman–Crippen MR) is 102 cm³/mol. The fourth-order valence-electron chi connectivity index (χ4n) is 3.03. The average molecular weight is 333 g/mol. The Hall–Kier alpha value is -2.58. The lowest BCUT2D eigenvalue weighted by atomic mass is 9.97. The maximum Gasteiger partial charge on any atom is 0.0864 e. The summed E-state index contributed by atoms with van der Waals surface area (Å²) >= 11 is 6.04. The Bertz CT molecular complexity index is 870. The summed E-state index contributed by atoms with van der Waals surface area (Å²) in [6, 6.07) is 26.8. The molecule has 0 fully saturated rings. The van der Waals surface area contributed by atoms with Crippen molar-refractivity contribution in [2.45, 2.75) is 12.5 Å². The van der Waals surface area contributed by atoms with E-state index in [2.05, 4.69) is 53.8 Å². The molecule has 1 atom stereocenters. The maximum absolute atomic E-state index is 6.04. The number of para-hydroxylation sites is 2. The van der Waals surface area contributed by atoms with E-state index >= 15 is 0 Å². The molecule has 0 amide bonds. The van der Waals surface area contributed by atoms with Crippen LogP contribution in [0.4, 0.5) is 11.4 Å². The van der Waals surface area contributed by atoms with E-state index in [1.54, 1.807) is 0 Å². The van der Waals surface area contributed by atoms with E-state index in [0.717, 1.165) is 34.1 Å². The zero-order valence-electron chi connectivity index (χ0n) is 13.1. The minimum atomic E-state index is 0.157. The molecule has 24 heavy (non-hydrogen) atoms. The lowest BCUT2D eigenvalue weighted by Gasteiger charge is -2.19. The molecule has 1 aliphatic rings. The third-order valence-corrected chi connectivity index (χ3v) is 4.52. The number of aliphatic imine (C=N–C) groups is 1. The van der Waals surface area contributed by atoms with Gasteiger partial charge in [-0.05, 0) is 35.4 Å². The van der Waals surface area contributed by atoms with Crippen LogP contribution in [0, 0.1) is 0 Å². The van der Waals surface area contributed by atoms with Crippen molar-refractivity contribution in [2.24, 2.45) is 4.99 Å². The van der Waals surface area contributed by atoms with E-state index in [1.807, 2.05) is 30.3 Å². The second-order valence-corrected chi connectivity index (χ2v) is 6.33. The summed E-state index contributed by atoms with van der Waals surface area (Å²) in [6.07, 6.45) is 0.820. The molecule has 1 heterocycles. The smallest absolute Gasteiger partial charge is 0.0864 e. The quantitative estimate of drug-likeness (QED) is 0.610. The van der Waals surface area contributed by atoms with Gasteiger partial charge < -0.3 is 5.32 Å². The van der Waals surface area contributed by atoms with Gasteiger partial charge in [0.1, 0.15) is 0 Å². The van der Waals surface area contributed by atoms with Crippen LogP contribution in [-0.2, 0) is 0 Å².